The van der Waals surface area contributed by atoms with E-state index >= 15 is 0 Å². The van der Waals surface area contributed by atoms with Crippen LogP contribution in [0, 0.1) is 0 Å². The van der Waals surface area contributed by atoms with Crippen molar-refractivity contribution in [2.45, 2.75) is 25.3 Å². The Morgan fingerprint density at radius 1 is 1.53 bits per heavy atom. The van der Waals surface area contributed by atoms with Crippen LogP contribution in [0.2, 0.25) is 5.02 Å². The number of hydrogen-bond acceptors (Lipinski definition) is 2. The SMILES string of the molecule is COc1ccc(Cl)cc1C(=O)N(CCBr)C1CCC1. The minimum atomic E-state index is 0.00324. The standard InChI is InChI=1S/C14H17BrClNO2/c1-19-13-6-5-10(16)9-12(13)14(18)17(8-7-15)11-3-2-4-11/h5-6,9,11H,2-4,7-8H2,1H3. The van der Waals surface area contributed by atoms with Crippen LogP contribution in [0.3, 0.4) is 0 Å². The fraction of sp³-hybridized carbons (Fsp3) is 0.500. The van der Waals surface area contributed by atoms with Gasteiger partial charge in [-0.15, -0.1) is 0 Å². The lowest BCUT2D eigenvalue weighted by atomic mass is 9.91. The summed E-state index contributed by atoms with van der Waals surface area (Å²) < 4.78 is 5.26. The molecule has 1 aliphatic carbocycles. The molecular weight excluding hydrogens is 330 g/mol. The first-order valence-corrected chi connectivity index (χ1v) is 7.87. The van der Waals surface area contributed by atoms with E-state index in [2.05, 4.69) is 15.9 Å². The molecule has 0 spiro atoms. The summed E-state index contributed by atoms with van der Waals surface area (Å²) >= 11 is 9.40. The summed E-state index contributed by atoms with van der Waals surface area (Å²) in [5.41, 5.74) is 0.544. The average molecular weight is 347 g/mol. The van der Waals surface area contributed by atoms with Gasteiger partial charge in [-0.25, -0.2) is 0 Å². The van der Waals surface area contributed by atoms with Crippen molar-refractivity contribution in [3.8, 4) is 5.75 Å². The molecule has 1 aromatic rings. The Morgan fingerprint density at radius 2 is 2.26 bits per heavy atom. The molecule has 1 fully saturated rings. The van der Waals surface area contributed by atoms with Gasteiger partial charge in [0.1, 0.15) is 5.75 Å². The first kappa shape index (κ1) is 14.7. The monoisotopic (exact) mass is 345 g/mol. The molecule has 0 aliphatic heterocycles. The molecule has 0 N–H and O–H groups in total. The molecule has 0 bridgehead atoms. The first-order valence-electron chi connectivity index (χ1n) is 6.38. The van der Waals surface area contributed by atoms with E-state index in [4.69, 9.17) is 16.3 Å². The van der Waals surface area contributed by atoms with Crippen LogP contribution in [0.4, 0.5) is 0 Å². The Kier molecular flexibility index (Phi) is 5.11. The summed E-state index contributed by atoms with van der Waals surface area (Å²) in [5, 5.41) is 1.33. The van der Waals surface area contributed by atoms with Crippen molar-refractivity contribution in [3.63, 3.8) is 0 Å². The zero-order valence-corrected chi connectivity index (χ0v) is 13.2. The molecule has 1 amide bonds. The number of carbonyl (C=O) groups is 1. The second kappa shape index (κ2) is 6.62. The summed E-state index contributed by atoms with van der Waals surface area (Å²) in [4.78, 5) is 14.6. The molecule has 2 rings (SSSR count). The van der Waals surface area contributed by atoms with Gasteiger partial charge in [0.2, 0.25) is 0 Å². The van der Waals surface area contributed by atoms with Crippen LogP contribution < -0.4 is 4.74 Å². The number of ether oxygens (including phenoxy) is 1. The number of benzene rings is 1. The first-order chi connectivity index (χ1) is 9.17. The highest BCUT2D eigenvalue weighted by atomic mass is 79.9. The second-order valence-corrected chi connectivity index (χ2v) is 5.85. The number of amides is 1. The second-order valence-electron chi connectivity index (χ2n) is 4.62. The highest BCUT2D eigenvalue weighted by Crippen LogP contribution is 2.29. The third-order valence-corrected chi connectivity index (χ3v) is 4.08. The topological polar surface area (TPSA) is 29.5 Å². The molecule has 1 aliphatic rings. The zero-order chi connectivity index (χ0) is 13.8. The fourth-order valence-electron chi connectivity index (χ4n) is 2.24. The smallest absolute Gasteiger partial charge is 0.257 e. The normalized spacial score (nSPS) is 14.9. The molecule has 3 nitrogen and oxygen atoms in total. The number of nitrogens with zero attached hydrogens (tertiary/aromatic N) is 1. The number of alkyl halides is 1. The Hall–Kier alpha value is -0.740. The van der Waals surface area contributed by atoms with Gasteiger partial charge in [0.05, 0.1) is 12.7 Å². The third-order valence-electron chi connectivity index (χ3n) is 3.49. The molecule has 0 heterocycles. The van der Waals surface area contributed by atoms with Gasteiger partial charge in [-0.3, -0.25) is 4.79 Å². The van der Waals surface area contributed by atoms with Gasteiger partial charge in [0.25, 0.3) is 5.91 Å². The molecule has 0 radical (unpaired) electrons. The number of halogens is 2. The number of methoxy groups -OCH3 is 1. The lowest BCUT2D eigenvalue weighted by molar-refractivity contribution is 0.0596. The van der Waals surface area contributed by atoms with Crippen LogP contribution in [0.15, 0.2) is 18.2 Å². The van der Waals surface area contributed by atoms with E-state index in [9.17, 15) is 4.79 Å². The van der Waals surface area contributed by atoms with Gasteiger partial charge in [-0.1, -0.05) is 27.5 Å². The molecule has 0 saturated heterocycles. The van der Waals surface area contributed by atoms with Crippen molar-refractivity contribution in [1.82, 2.24) is 4.90 Å². The van der Waals surface area contributed by atoms with Gasteiger partial charge in [-0.2, -0.15) is 0 Å². The average Bonchev–Trinajstić information content (AvgIpc) is 2.35. The van der Waals surface area contributed by atoms with Crippen molar-refractivity contribution in [2.75, 3.05) is 19.0 Å². The fourth-order valence-corrected chi connectivity index (χ4v) is 2.80. The van der Waals surface area contributed by atoms with Gasteiger partial charge in [0.15, 0.2) is 0 Å². The van der Waals surface area contributed by atoms with Gasteiger partial charge in [-0.05, 0) is 37.5 Å². The van der Waals surface area contributed by atoms with Crippen LogP contribution >= 0.6 is 27.5 Å². The Balaban J connectivity index is 2.27. The molecule has 0 aromatic heterocycles. The van der Waals surface area contributed by atoms with Crippen molar-refractivity contribution in [3.05, 3.63) is 28.8 Å². The van der Waals surface area contributed by atoms with Crippen LogP contribution in [0.5, 0.6) is 5.75 Å². The predicted molar refractivity (Wildman–Crippen MR) is 80.5 cm³/mol. The van der Waals surface area contributed by atoms with E-state index < -0.39 is 0 Å². The van der Waals surface area contributed by atoms with Gasteiger partial charge in [0, 0.05) is 22.9 Å². The van der Waals surface area contributed by atoms with Crippen LogP contribution in [0.25, 0.3) is 0 Å². The van der Waals surface area contributed by atoms with Crippen molar-refractivity contribution >= 4 is 33.4 Å². The molecule has 0 atom stereocenters. The van der Waals surface area contributed by atoms with Crippen LogP contribution in [-0.4, -0.2) is 35.8 Å². The molecule has 1 saturated carbocycles. The maximum absolute atomic E-state index is 12.7. The molecule has 104 valence electrons. The molecule has 19 heavy (non-hydrogen) atoms. The van der Waals surface area contributed by atoms with Crippen LogP contribution in [-0.2, 0) is 0 Å². The minimum absolute atomic E-state index is 0.00324. The van der Waals surface area contributed by atoms with E-state index in [0.717, 1.165) is 18.2 Å². The lowest BCUT2D eigenvalue weighted by Crippen LogP contribution is -2.45. The lowest BCUT2D eigenvalue weighted by Gasteiger charge is -2.37. The van der Waals surface area contributed by atoms with Gasteiger partial charge < -0.3 is 9.64 Å². The van der Waals surface area contributed by atoms with E-state index in [0.29, 0.717) is 28.9 Å². The maximum atomic E-state index is 12.7. The quantitative estimate of drug-likeness (QED) is 0.760. The molecule has 0 unspecified atom stereocenters. The third kappa shape index (κ3) is 3.23. The highest BCUT2D eigenvalue weighted by Gasteiger charge is 2.30. The van der Waals surface area contributed by atoms with Crippen molar-refractivity contribution < 1.29 is 9.53 Å². The Bertz CT molecular complexity index is 463. The van der Waals surface area contributed by atoms with E-state index in [-0.39, 0.29) is 5.91 Å². The Labute approximate surface area is 127 Å². The largest absolute Gasteiger partial charge is 0.496 e. The van der Waals surface area contributed by atoms with E-state index in [1.54, 1.807) is 25.3 Å². The summed E-state index contributed by atoms with van der Waals surface area (Å²) in [6, 6.07) is 5.51. The van der Waals surface area contributed by atoms with E-state index in [1.807, 2.05) is 4.90 Å². The number of hydrogen-bond donors (Lipinski definition) is 0. The number of rotatable bonds is 5. The molecule has 1 aromatic carbocycles. The molecule has 5 heteroatoms. The van der Waals surface area contributed by atoms with E-state index in [1.165, 1.54) is 6.42 Å². The minimum Gasteiger partial charge on any atom is -0.496 e. The predicted octanol–water partition coefficient (Wildman–Crippen LogP) is 3.74. The Morgan fingerprint density at radius 3 is 2.79 bits per heavy atom. The van der Waals surface area contributed by atoms with Gasteiger partial charge >= 0.3 is 0 Å². The summed E-state index contributed by atoms with van der Waals surface area (Å²) in [6.45, 7) is 0.708. The zero-order valence-electron chi connectivity index (χ0n) is 10.9. The highest BCUT2D eigenvalue weighted by molar-refractivity contribution is 9.09. The summed E-state index contributed by atoms with van der Waals surface area (Å²) in [6.07, 6.45) is 3.37. The van der Waals surface area contributed by atoms with Crippen molar-refractivity contribution in [1.29, 1.82) is 0 Å². The maximum Gasteiger partial charge on any atom is 0.257 e. The summed E-state index contributed by atoms with van der Waals surface area (Å²) in [7, 11) is 1.57. The van der Waals surface area contributed by atoms with Crippen LogP contribution in [0.1, 0.15) is 29.6 Å². The van der Waals surface area contributed by atoms with Crippen molar-refractivity contribution in [2.24, 2.45) is 0 Å². The number of carbonyl (C=O) groups excluding carboxylic acids is 1. The molecular formula is C14H17BrClNO2. The summed E-state index contributed by atoms with van der Waals surface area (Å²) in [5.74, 6) is 0.580.